The number of ether oxygens (including phenoxy) is 2. The van der Waals surface area contributed by atoms with E-state index in [0.717, 1.165) is 16.6 Å². The van der Waals surface area contributed by atoms with E-state index in [2.05, 4.69) is 36.8 Å². The minimum Gasteiger partial charge on any atom is -0.484 e. The van der Waals surface area contributed by atoms with Crippen molar-refractivity contribution in [3.63, 3.8) is 0 Å². The van der Waals surface area contributed by atoms with Crippen molar-refractivity contribution in [2.75, 3.05) is 13.2 Å². The molecular formula is C15H16BrN3O5S. The number of hydrogen-bond acceptors (Lipinski definition) is 6. The predicted molar refractivity (Wildman–Crippen MR) is 97.4 cm³/mol. The fourth-order valence-corrected chi connectivity index (χ4v) is 1.78. The van der Waals surface area contributed by atoms with Crippen LogP contribution in [0.3, 0.4) is 0 Å². The van der Waals surface area contributed by atoms with Crippen molar-refractivity contribution in [1.29, 1.82) is 0 Å². The van der Waals surface area contributed by atoms with Gasteiger partial charge in [0.05, 0.1) is 6.61 Å². The first-order valence-electron chi connectivity index (χ1n) is 7.03. The number of thiocarbonyl (C=S) groups is 1. The average Bonchev–Trinajstić information content (AvgIpc) is 2.58. The Labute approximate surface area is 158 Å². The maximum Gasteiger partial charge on any atom is 0.330 e. The monoisotopic (exact) mass is 429 g/mol. The largest absolute Gasteiger partial charge is 0.484 e. The van der Waals surface area contributed by atoms with Crippen molar-refractivity contribution in [2.24, 2.45) is 0 Å². The third-order valence-electron chi connectivity index (χ3n) is 2.39. The van der Waals surface area contributed by atoms with Crippen LogP contribution in [0.15, 0.2) is 40.9 Å². The van der Waals surface area contributed by atoms with Crippen molar-refractivity contribution in [3.8, 4) is 5.75 Å². The van der Waals surface area contributed by atoms with E-state index in [1.54, 1.807) is 31.2 Å². The first-order chi connectivity index (χ1) is 11.9. The molecule has 0 aliphatic rings. The molecule has 3 N–H and O–H groups in total. The van der Waals surface area contributed by atoms with Gasteiger partial charge in [-0.1, -0.05) is 15.9 Å². The van der Waals surface area contributed by atoms with E-state index < -0.39 is 17.8 Å². The molecule has 25 heavy (non-hydrogen) atoms. The van der Waals surface area contributed by atoms with Crippen LogP contribution in [-0.4, -0.2) is 36.1 Å². The van der Waals surface area contributed by atoms with Crippen molar-refractivity contribution in [1.82, 2.24) is 16.2 Å². The number of carbonyl (C=O) groups is 3. The summed E-state index contributed by atoms with van der Waals surface area (Å²) in [5, 5.41) is 2.10. The highest BCUT2D eigenvalue weighted by atomic mass is 79.9. The van der Waals surface area contributed by atoms with Gasteiger partial charge in [0.1, 0.15) is 5.75 Å². The highest BCUT2D eigenvalue weighted by Crippen LogP contribution is 2.15. The number of benzene rings is 1. The summed E-state index contributed by atoms with van der Waals surface area (Å²) in [4.78, 5) is 34.1. The number of carbonyl (C=O) groups excluding carboxylic acids is 3. The molecule has 1 aromatic carbocycles. The van der Waals surface area contributed by atoms with E-state index in [4.69, 9.17) is 17.0 Å². The minimum absolute atomic E-state index is 0.143. The third kappa shape index (κ3) is 9.42. The maximum atomic E-state index is 11.6. The number of hydrogen-bond donors (Lipinski definition) is 3. The van der Waals surface area contributed by atoms with Gasteiger partial charge >= 0.3 is 5.97 Å². The van der Waals surface area contributed by atoms with Gasteiger partial charge in [-0.25, -0.2) is 4.79 Å². The Morgan fingerprint density at radius 1 is 1.16 bits per heavy atom. The summed E-state index contributed by atoms with van der Waals surface area (Å²) in [5.41, 5.74) is 4.59. The summed E-state index contributed by atoms with van der Waals surface area (Å²) in [6.45, 7) is 1.61. The van der Waals surface area contributed by atoms with Gasteiger partial charge in [-0.05, 0) is 43.4 Å². The topological polar surface area (TPSA) is 106 Å². The van der Waals surface area contributed by atoms with Crippen LogP contribution < -0.4 is 20.9 Å². The molecule has 0 aliphatic heterocycles. The molecule has 0 unspecified atom stereocenters. The third-order valence-corrected chi connectivity index (χ3v) is 3.13. The van der Waals surface area contributed by atoms with Crippen LogP contribution in [0.5, 0.6) is 5.75 Å². The lowest BCUT2D eigenvalue weighted by molar-refractivity contribution is -0.137. The molecule has 0 atom stereocenters. The van der Waals surface area contributed by atoms with E-state index in [-0.39, 0.29) is 18.3 Å². The number of hydrazine groups is 1. The van der Waals surface area contributed by atoms with Gasteiger partial charge in [-0.3, -0.25) is 25.8 Å². The fraction of sp³-hybridized carbons (Fsp3) is 0.200. The Hall–Kier alpha value is -2.46. The first kappa shape index (κ1) is 20.6. The van der Waals surface area contributed by atoms with Gasteiger partial charge < -0.3 is 9.47 Å². The molecular weight excluding hydrogens is 414 g/mol. The Morgan fingerprint density at radius 3 is 2.48 bits per heavy atom. The second-order valence-electron chi connectivity index (χ2n) is 4.32. The minimum atomic E-state index is -0.647. The van der Waals surface area contributed by atoms with E-state index in [9.17, 15) is 14.4 Å². The molecule has 0 bridgehead atoms. The normalized spacial score (nSPS) is 10.0. The van der Waals surface area contributed by atoms with Gasteiger partial charge in [0.25, 0.3) is 5.91 Å². The van der Waals surface area contributed by atoms with Crippen LogP contribution in [0.1, 0.15) is 6.92 Å². The smallest absolute Gasteiger partial charge is 0.330 e. The lowest BCUT2D eigenvalue weighted by atomic mass is 10.3. The summed E-state index contributed by atoms with van der Waals surface area (Å²) >= 11 is 8.11. The molecule has 0 saturated heterocycles. The van der Waals surface area contributed by atoms with Gasteiger partial charge in [0.15, 0.2) is 11.7 Å². The zero-order valence-electron chi connectivity index (χ0n) is 13.2. The summed E-state index contributed by atoms with van der Waals surface area (Å²) in [7, 11) is 0. The summed E-state index contributed by atoms with van der Waals surface area (Å²) in [5.74, 6) is -1.26. The average molecular weight is 430 g/mol. The van der Waals surface area contributed by atoms with Gasteiger partial charge in [0, 0.05) is 16.6 Å². The van der Waals surface area contributed by atoms with Gasteiger partial charge in [0.2, 0.25) is 5.91 Å². The maximum absolute atomic E-state index is 11.6. The van der Waals surface area contributed by atoms with Crippen LogP contribution >= 0.6 is 28.1 Å². The van der Waals surface area contributed by atoms with Crippen molar-refractivity contribution in [2.45, 2.75) is 6.92 Å². The molecule has 2 amide bonds. The van der Waals surface area contributed by atoms with Crippen LogP contribution in [0.4, 0.5) is 0 Å². The number of rotatable bonds is 6. The Morgan fingerprint density at radius 2 is 1.84 bits per heavy atom. The predicted octanol–water partition coefficient (Wildman–Crippen LogP) is 0.969. The van der Waals surface area contributed by atoms with E-state index in [1.807, 2.05) is 0 Å². The molecule has 0 saturated carbocycles. The molecule has 0 spiro atoms. The number of nitrogens with one attached hydrogen (secondary N) is 3. The summed E-state index contributed by atoms with van der Waals surface area (Å²) < 4.78 is 10.8. The SMILES string of the molecule is CCOC(=O)C=CC(=O)NC(=S)NNC(=O)COc1ccc(Br)cc1. The van der Waals surface area contributed by atoms with Crippen LogP contribution in [0.25, 0.3) is 0 Å². The van der Waals surface area contributed by atoms with E-state index in [1.165, 1.54) is 0 Å². The van der Waals surface area contributed by atoms with Crippen LogP contribution in [-0.2, 0) is 19.1 Å². The van der Waals surface area contributed by atoms with Crippen molar-refractivity contribution >= 4 is 51.0 Å². The van der Waals surface area contributed by atoms with Crippen molar-refractivity contribution in [3.05, 3.63) is 40.9 Å². The fourth-order valence-electron chi connectivity index (χ4n) is 1.36. The number of amides is 2. The Kier molecular flexibility index (Phi) is 9.19. The first-order valence-corrected chi connectivity index (χ1v) is 8.24. The molecule has 134 valence electrons. The Bertz CT molecular complexity index is 664. The molecule has 0 heterocycles. The molecule has 0 aromatic heterocycles. The zero-order valence-corrected chi connectivity index (χ0v) is 15.6. The van der Waals surface area contributed by atoms with Crippen LogP contribution in [0, 0.1) is 0 Å². The second kappa shape index (κ2) is 11.2. The highest BCUT2D eigenvalue weighted by Gasteiger charge is 2.05. The number of halogens is 1. The molecule has 0 fully saturated rings. The molecule has 0 radical (unpaired) electrons. The second-order valence-corrected chi connectivity index (χ2v) is 5.64. The molecule has 10 heteroatoms. The number of esters is 1. The standard InChI is InChI=1S/C15H16BrN3O5S/c1-2-23-14(22)8-7-12(20)17-15(25)19-18-13(21)9-24-11-5-3-10(16)4-6-11/h3-8H,2,9H2,1H3,(H,18,21)(H2,17,19,20,25). The highest BCUT2D eigenvalue weighted by molar-refractivity contribution is 9.10. The molecule has 1 rings (SSSR count). The molecule has 8 nitrogen and oxygen atoms in total. The zero-order chi connectivity index (χ0) is 18.7. The lowest BCUT2D eigenvalue weighted by Gasteiger charge is -2.10. The van der Waals surface area contributed by atoms with Gasteiger partial charge in [-0.2, -0.15) is 0 Å². The van der Waals surface area contributed by atoms with Gasteiger partial charge in [-0.15, -0.1) is 0 Å². The lowest BCUT2D eigenvalue weighted by Crippen LogP contribution is -2.49. The quantitative estimate of drug-likeness (QED) is 0.267. The van der Waals surface area contributed by atoms with Crippen molar-refractivity contribution < 1.29 is 23.9 Å². The Balaban J connectivity index is 2.26. The molecule has 0 aliphatic carbocycles. The van der Waals surface area contributed by atoms with E-state index in [0.29, 0.717) is 5.75 Å². The van der Waals surface area contributed by atoms with E-state index >= 15 is 0 Å². The van der Waals surface area contributed by atoms with Crippen LogP contribution in [0.2, 0.25) is 0 Å². The molecule has 1 aromatic rings. The summed E-state index contributed by atoms with van der Waals surface area (Å²) in [6, 6.07) is 6.96. The summed E-state index contributed by atoms with van der Waals surface area (Å²) in [6.07, 6.45) is 1.93.